The Bertz CT molecular complexity index is 484. The summed E-state index contributed by atoms with van der Waals surface area (Å²) in [7, 11) is 0. The number of aryl methyl sites for hydroxylation is 1. The van der Waals surface area contributed by atoms with Crippen LogP contribution in [0.5, 0.6) is 5.75 Å². The molecule has 1 aliphatic rings. The van der Waals surface area contributed by atoms with Crippen LogP contribution < -0.4 is 4.74 Å². The number of rotatable bonds is 4. The van der Waals surface area contributed by atoms with Gasteiger partial charge in [-0.25, -0.2) is 4.79 Å². The van der Waals surface area contributed by atoms with Crippen LogP contribution in [0.25, 0.3) is 5.57 Å². The predicted octanol–water partition coefficient (Wildman–Crippen LogP) is 3.02. The van der Waals surface area contributed by atoms with Gasteiger partial charge in [0.2, 0.25) is 5.60 Å². The lowest BCUT2D eigenvalue weighted by Crippen LogP contribution is -2.29. The first-order valence-electron chi connectivity index (χ1n) is 5.63. The number of aliphatic carboxylic acids is 1. The molecule has 0 radical (unpaired) electrons. The van der Waals surface area contributed by atoms with Crippen LogP contribution in [0.4, 0.5) is 0 Å². The van der Waals surface area contributed by atoms with Crippen molar-refractivity contribution < 1.29 is 14.6 Å². The largest absolute Gasteiger partial charge is 0.478 e. The molecule has 3 heteroatoms. The highest BCUT2D eigenvalue weighted by Crippen LogP contribution is 2.42. The number of allylic oxidation sites excluding steroid dienone is 1. The number of carboxylic acid groups (broad SMARTS) is 1. The summed E-state index contributed by atoms with van der Waals surface area (Å²) >= 11 is 0. The number of carbonyl (C=O) groups is 1. The smallest absolute Gasteiger partial charge is 0.348 e. The van der Waals surface area contributed by atoms with Crippen molar-refractivity contribution >= 4 is 11.5 Å². The average Bonchev–Trinajstić information content (AvgIpc) is 2.98. The molecule has 0 bridgehead atoms. The third-order valence-corrected chi connectivity index (χ3v) is 3.00. The van der Waals surface area contributed by atoms with E-state index in [4.69, 9.17) is 9.84 Å². The van der Waals surface area contributed by atoms with Gasteiger partial charge in [-0.1, -0.05) is 18.7 Å². The van der Waals surface area contributed by atoms with Crippen LogP contribution in [0.15, 0.2) is 24.8 Å². The Morgan fingerprint density at radius 1 is 1.47 bits per heavy atom. The Balaban J connectivity index is 2.35. The van der Waals surface area contributed by atoms with Crippen molar-refractivity contribution in [3.63, 3.8) is 0 Å². The maximum absolute atomic E-state index is 11.1. The molecule has 0 spiro atoms. The molecule has 0 heterocycles. The fraction of sp³-hybridized carbons (Fsp3) is 0.357. The summed E-state index contributed by atoms with van der Waals surface area (Å²) in [6.45, 7) is 7.72. The Labute approximate surface area is 101 Å². The molecule has 1 saturated carbocycles. The van der Waals surface area contributed by atoms with Gasteiger partial charge in [-0.15, -0.1) is 0 Å². The van der Waals surface area contributed by atoms with Crippen molar-refractivity contribution in [1.29, 1.82) is 0 Å². The summed E-state index contributed by atoms with van der Waals surface area (Å²) in [4.78, 5) is 11.1. The van der Waals surface area contributed by atoms with Crippen LogP contribution in [0.2, 0.25) is 0 Å². The number of benzene rings is 1. The van der Waals surface area contributed by atoms with E-state index >= 15 is 0 Å². The van der Waals surface area contributed by atoms with Gasteiger partial charge in [0.25, 0.3) is 0 Å². The van der Waals surface area contributed by atoms with Crippen molar-refractivity contribution in [2.75, 3.05) is 0 Å². The quantitative estimate of drug-likeness (QED) is 0.868. The Hall–Kier alpha value is -1.77. The number of carboxylic acids is 1. The first kappa shape index (κ1) is 11.7. The maximum atomic E-state index is 11.1. The molecule has 1 N–H and O–H groups in total. The lowest BCUT2D eigenvalue weighted by atomic mass is 10.1. The van der Waals surface area contributed by atoms with E-state index in [2.05, 4.69) is 6.58 Å². The van der Waals surface area contributed by atoms with Gasteiger partial charge in [-0.3, -0.25) is 0 Å². The summed E-state index contributed by atoms with van der Waals surface area (Å²) in [5, 5.41) is 9.12. The van der Waals surface area contributed by atoms with Gasteiger partial charge < -0.3 is 9.84 Å². The van der Waals surface area contributed by atoms with E-state index in [1.165, 1.54) is 0 Å². The van der Waals surface area contributed by atoms with Gasteiger partial charge in [0.1, 0.15) is 5.75 Å². The summed E-state index contributed by atoms with van der Waals surface area (Å²) in [5.74, 6) is -0.260. The van der Waals surface area contributed by atoms with Gasteiger partial charge in [-0.05, 0) is 31.1 Å². The second-order valence-corrected chi connectivity index (χ2v) is 4.68. The number of hydrogen-bond acceptors (Lipinski definition) is 2. The topological polar surface area (TPSA) is 46.5 Å². The van der Waals surface area contributed by atoms with Crippen molar-refractivity contribution in [1.82, 2.24) is 0 Å². The average molecular weight is 232 g/mol. The number of hydrogen-bond donors (Lipinski definition) is 1. The zero-order valence-corrected chi connectivity index (χ0v) is 10.1. The van der Waals surface area contributed by atoms with Gasteiger partial charge in [-0.2, -0.15) is 0 Å². The van der Waals surface area contributed by atoms with Crippen LogP contribution in [-0.2, 0) is 4.79 Å². The SMILES string of the molecule is C=C(C)c1ccc(C)cc1OC1(C(=O)O)CC1. The van der Waals surface area contributed by atoms with Gasteiger partial charge in [0.05, 0.1) is 0 Å². The van der Waals surface area contributed by atoms with Crippen molar-refractivity contribution in [3.8, 4) is 5.75 Å². The standard InChI is InChI=1S/C14H16O3/c1-9(2)11-5-4-10(3)8-12(11)17-14(6-7-14)13(15)16/h4-5,8H,1,6-7H2,2-3H3,(H,15,16). The molecule has 0 aromatic heterocycles. The van der Waals surface area contributed by atoms with Crippen LogP contribution in [0, 0.1) is 6.92 Å². The molecule has 3 nitrogen and oxygen atoms in total. The van der Waals surface area contributed by atoms with Crippen LogP contribution in [0.3, 0.4) is 0 Å². The van der Waals surface area contributed by atoms with E-state index < -0.39 is 11.6 Å². The molecule has 0 saturated heterocycles. The molecular weight excluding hydrogens is 216 g/mol. The second kappa shape index (κ2) is 3.91. The molecule has 1 fully saturated rings. The molecule has 0 amide bonds. The molecule has 90 valence electrons. The fourth-order valence-electron chi connectivity index (χ4n) is 1.75. The molecule has 0 aliphatic heterocycles. The first-order chi connectivity index (χ1) is 7.94. The molecule has 0 atom stereocenters. The normalized spacial score (nSPS) is 16.4. The zero-order valence-electron chi connectivity index (χ0n) is 10.1. The van der Waals surface area contributed by atoms with Gasteiger partial charge in [0.15, 0.2) is 0 Å². The highest BCUT2D eigenvalue weighted by atomic mass is 16.5. The van der Waals surface area contributed by atoms with Crippen molar-refractivity contribution in [3.05, 3.63) is 35.9 Å². The van der Waals surface area contributed by atoms with Crippen molar-refractivity contribution in [2.24, 2.45) is 0 Å². The highest BCUT2D eigenvalue weighted by molar-refractivity contribution is 5.82. The zero-order chi connectivity index (χ0) is 12.6. The van der Waals surface area contributed by atoms with Crippen LogP contribution in [0.1, 0.15) is 30.9 Å². The minimum Gasteiger partial charge on any atom is -0.478 e. The molecule has 1 aromatic rings. The number of ether oxygens (including phenoxy) is 1. The molecule has 2 rings (SSSR count). The Kier molecular flexibility index (Phi) is 2.69. The molecule has 1 aliphatic carbocycles. The predicted molar refractivity (Wildman–Crippen MR) is 66.1 cm³/mol. The van der Waals surface area contributed by atoms with Gasteiger partial charge >= 0.3 is 5.97 Å². The lowest BCUT2D eigenvalue weighted by molar-refractivity contribution is -0.147. The van der Waals surface area contributed by atoms with Crippen LogP contribution in [-0.4, -0.2) is 16.7 Å². The molecule has 17 heavy (non-hydrogen) atoms. The van der Waals surface area contributed by atoms with Gasteiger partial charge in [0, 0.05) is 18.4 Å². The Morgan fingerprint density at radius 2 is 2.12 bits per heavy atom. The fourth-order valence-corrected chi connectivity index (χ4v) is 1.75. The van der Waals surface area contributed by atoms with E-state index in [1.807, 2.05) is 32.0 Å². The van der Waals surface area contributed by atoms with E-state index in [0.717, 1.165) is 16.7 Å². The molecule has 1 aromatic carbocycles. The van der Waals surface area contributed by atoms with E-state index in [0.29, 0.717) is 18.6 Å². The summed E-state index contributed by atoms with van der Waals surface area (Å²) in [6.07, 6.45) is 1.15. The first-order valence-corrected chi connectivity index (χ1v) is 5.63. The minimum absolute atomic E-state index is 0.575. The minimum atomic E-state index is -1.00. The third kappa shape index (κ3) is 2.18. The summed E-state index contributed by atoms with van der Waals surface area (Å²) in [5.41, 5.74) is 1.80. The molecule has 0 unspecified atom stereocenters. The van der Waals surface area contributed by atoms with E-state index in [1.54, 1.807) is 0 Å². The van der Waals surface area contributed by atoms with E-state index in [-0.39, 0.29) is 0 Å². The third-order valence-electron chi connectivity index (χ3n) is 3.00. The summed E-state index contributed by atoms with van der Waals surface area (Å²) in [6, 6.07) is 5.76. The highest BCUT2D eigenvalue weighted by Gasteiger charge is 2.53. The maximum Gasteiger partial charge on any atom is 0.348 e. The molecular formula is C14H16O3. The van der Waals surface area contributed by atoms with Crippen molar-refractivity contribution in [2.45, 2.75) is 32.3 Å². The monoisotopic (exact) mass is 232 g/mol. The summed E-state index contributed by atoms with van der Waals surface area (Å²) < 4.78 is 5.69. The Morgan fingerprint density at radius 3 is 2.59 bits per heavy atom. The lowest BCUT2D eigenvalue weighted by Gasteiger charge is -2.17. The van der Waals surface area contributed by atoms with Crippen LogP contribution >= 0.6 is 0 Å². The van der Waals surface area contributed by atoms with E-state index in [9.17, 15) is 4.79 Å². The second-order valence-electron chi connectivity index (χ2n) is 4.68.